The summed E-state index contributed by atoms with van der Waals surface area (Å²) in [4.78, 5) is 3.98. The predicted octanol–water partition coefficient (Wildman–Crippen LogP) is 3.52. The molecule has 0 aliphatic carbocycles. The van der Waals surface area contributed by atoms with Gasteiger partial charge in [0.05, 0.1) is 22.3 Å². The van der Waals surface area contributed by atoms with Gasteiger partial charge in [0, 0.05) is 18.0 Å². The summed E-state index contributed by atoms with van der Waals surface area (Å²) < 4.78 is 2.15. The molecule has 3 aromatic rings. The molecular formula is C14H8ClN5S. The minimum Gasteiger partial charge on any atom is -0.267 e. The summed E-state index contributed by atoms with van der Waals surface area (Å²) in [6, 6.07) is 10.7. The van der Waals surface area contributed by atoms with Crippen molar-refractivity contribution in [2.24, 2.45) is 0 Å². The minimum atomic E-state index is 0.424. The highest BCUT2D eigenvalue weighted by Crippen LogP contribution is 2.26. The maximum Gasteiger partial charge on any atom is 0.200 e. The fourth-order valence-electron chi connectivity index (χ4n) is 1.97. The van der Waals surface area contributed by atoms with Crippen molar-refractivity contribution in [1.82, 2.24) is 19.7 Å². The van der Waals surface area contributed by atoms with Gasteiger partial charge in [-0.15, -0.1) is 0 Å². The van der Waals surface area contributed by atoms with Crippen LogP contribution < -0.4 is 0 Å². The van der Waals surface area contributed by atoms with E-state index in [0.29, 0.717) is 26.9 Å². The number of pyridine rings is 1. The maximum atomic E-state index is 8.91. The lowest BCUT2D eigenvalue weighted by atomic mass is 10.2. The SMILES string of the molecule is N#Cc1ccc(-n2c(-c3ccncc3)n[nH]c2=S)c(Cl)c1. The first kappa shape index (κ1) is 13.5. The number of nitrogens with zero attached hydrogens (tertiary/aromatic N) is 4. The van der Waals surface area contributed by atoms with Gasteiger partial charge >= 0.3 is 0 Å². The number of nitriles is 1. The van der Waals surface area contributed by atoms with Gasteiger partial charge in [0.2, 0.25) is 0 Å². The standard InChI is InChI=1S/C14H8ClN5S/c15-11-7-9(8-16)1-2-12(11)20-13(18-19-14(20)21)10-3-5-17-6-4-10/h1-7H,(H,19,21). The van der Waals surface area contributed by atoms with E-state index in [1.54, 1.807) is 35.2 Å². The van der Waals surface area contributed by atoms with Crippen LogP contribution >= 0.6 is 23.8 Å². The van der Waals surface area contributed by atoms with Gasteiger partial charge in [-0.25, -0.2) is 0 Å². The molecule has 1 N–H and O–H groups in total. The van der Waals surface area contributed by atoms with E-state index >= 15 is 0 Å². The van der Waals surface area contributed by atoms with Crippen molar-refractivity contribution in [3.8, 4) is 23.1 Å². The Hall–Kier alpha value is -2.49. The molecule has 0 spiro atoms. The largest absolute Gasteiger partial charge is 0.267 e. The summed E-state index contributed by atoms with van der Waals surface area (Å²) in [6.45, 7) is 0. The Morgan fingerprint density at radius 2 is 2.00 bits per heavy atom. The van der Waals surface area contributed by atoms with Crippen LogP contribution in [0.2, 0.25) is 5.02 Å². The first-order chi connectivity index (χ1) is 10.2. The zero-order valence-electron chi connectivity index (χ0n) is 10.6. The van der Waals surface area contributed by atoms with Crippen LogP contribution in [-0.4, -0.2) is 19.7 Å². The molecule has 2 heterocycles. The molecule has 21 heavy (non-hydrogen) atoms. The zero-order valence-corrected chi connectivity index (χ0v) is 12.2. The van der Waals surface area contributed by atoms with Crippen LogP contribution in [0, 0.1) is 16.1 Å². The third-order valence-electron chi connectivity index (χ3n) is 2.93. The number of aromatic amines is 1. The summed E-state index contributed by atoms with van der Waals surface area (Å²) >= 11 is 11.5. The number of aromatic nitrogens is 4. The molecular weight excluding hydrogens is 306 g/mol. The molecule has 1 aromatic carbocycles. The summed E-state index contributed by atoms with van der Waals surface area (Å²) in [7, 11) is 0. The maximum absolute atomic E-state index is 8.91. The van der Waals surface area contributed by atoms with Gasteiger partial charge in [-0.2, -0.15) is 10.4 Å². The van der Waals surface area contributed by atoms with Crippen LogP contribution in [0.15, 0.2) is 42.7 Å². The number of H-pyrrole nitrogens is 1. The first-order valence-electron chi connectivity index (χ1n) is 5.98. The number of hydrogen-bond acceptors (Lipinski definition) is 4. The van der Waals surface area contributed by atoms with Crippen molar-refractivity contribution in [1.29, 1.82) is 5.26 Å². The Labute approximate surface area is 130 Å². The summed E-state index contributed by atoms with van der Waals surface area (Å²) in [6.07, 6.45) is 3.36. The third-order valence-corrected chi connectivity index (χ3v) is 3.51. The average molecular weight is 314 g/mol. The molecule has 0 radical (unpaired) electrons. The highest BCUT2D eigenvalue weighted by atomic mass is 35.5. The third kappa shape index (κ3) is 2.44. The van der Waals surface area contributed by atoms with Crippen LogP contribution in [0.1, 0.15) is 5.56 Å². The molecule has 0 aliphatic heterocycles. The van der Waals surface area contributed by atoms with Crippen molar-refractivity contribution < 1.29 is 0 Å². The topological polar surface area (TPSA) is 70.3 Å². The Morgan fingerprint density at radius 1 is 1.24 bits per heavy atom. The number of hydrogen-bond donors (Lipinski definition) is 1. The average Bonchev–Trinajstić information content (AvgIpc) is 2.89. The Kier molecular flexibility index (Phi) is 3.52. The van der Waals surface area contributed by atoms with Crippen molar-refractivity contribution in [2.75, 3.05) is 0 Å². The molecule has 0 saturated heterocycles. The Morgan fingerprint density at radius 3 is 2.67 bits per heavy atom. The minimum absolute atomic E-state index is 0.424. The lowest BCUT2D eigenvalue weighted by molar-refractivity contribution is 1.03. The van der Waals surface area contributed by atoms with Crippen LogP contribution in [0.5, 0.6) is 0 Å². The second kappa shape index (κ2) is 5.48. The molecule has 3 rings (SSSR count). The van der Waals surface area contributed by atoms with E-state index in [2.05, 4.69) is 15.2 Å². The monoisotopic (exact) mass is 313 g/mol. The molecule has 0 bridgehead atoms. The number of rotatable bonds is 2. The van der Waals surface area contributed by atoms with Crippen LogP contribution in [0.25, 0.3) is 17.1 Å². The van der Waals surface area contributed by atoms with Gasteiger partial charge in [0.25, 0.3) is 0 Å². The fraction of sp³-hybridized carbons (Fsp3) is 0. The highest BCUT2D eigenvalue weighted by molar-refractivity contribution is 7.71. The molecule has 2 aromatic heterocycles. The Balaban J connectivity index is 2.23. The number of nitrogens with one attached hydrogen (secondary N) is 1. The van der Waals surface area contributed by atoms with Gasteiger partial charge in [-0.3, -0.25) is 14.6 Å². The van der Waals surface area contributed by atoms with Gasteiger partial charge in [0.15, 0.2) is 10.6 Å². The second-order valence-corrected chi connectivity index (χ2v) is 5.00. The van der Waals surface area contributed by atoms with Gasteiger partial charge in [-0.1, -0.05) is 11.6 Å². The van der Waals surface area contributed by atoms with E-state index in [-0.39, 0.29) is 0 Å². The number of benzene rings is 1. The van der Waals surface area contributed by atoms with E-state index in [4.69, 9.17) is 29.1 Å². The van der Waals surface area contributed by atoms with Crippen molar-refractivity contribution in [3.63, 3.8) is 0 Å². The first-order valence-corrected chi connectivity index (χ1v) is 6.77. The van der Waals surface area contributed by atoms with Crippen LogP contribution in [0.3, 0.4) is 0 Å². The number of halogens is 1. The van der Waals surface area contributed by atoms with E-state index in [1.807, 2.05) is 18.2 Å². The quantitative estimate of drug-likeness (QED) is 0.735. The Bertz CT molecular complexity index is 892. The summed E-state index contributed by atoms with van der Waals surface area (Å²) in [5.41, 5.74) is 2.02. The highest BCUT2D eigenvalue weighted by Gasteiger charge is 2.13. The zero-order chi connectivity index (χ0) is 14.8. The van der Waals surface area contributed by atoms with Crippen LogP contribution in [0.4, 0.5) is 0 Å². The van der Waals surface area contributed by atoms with Crippen molar-refractivity contribution in [3.05, 3.63) is 58.1 Å². The lowest BCUT2D eigenvalue weighted by Gasteiger charge is -2.09. The molecule has 0 unspecified atom stereocenters. The van der Waals surface area contributed by atoms with Crippen LogP contribution in [-0.2, 0) is 0 Å². The second-order valence-electron chi connectivity index (χ2n) is 4.20. The van der Waals surface area contributed by atoms with E-state index in [0.717, 1.165) is 5.56 Å². The summed E-state index contributed by atoms with van der Waals surface area (Å²) in [5, 5.41) is 16.3. The van der Waals surface area contributed by atoms with Crippen molar-refractivity contribution in [2.45, 2.75) is 0 Å². The van der Waals surface area contributed by atoms with E-state index < -0.39 is 0 Å². The fourth-order valence-corrected chi connectivity index (χ4v) is 2.47. The summed E-state index contributed by atoms with van der Waals surface area (Å²) in [5.74, 6) is 0.633. The molecule has 0 fully saturated rings. The predicted molar refractivity (Wildman–Crippen MR) is 81.7 cm³/mol. The molecule has 7 heteroatoms. The molecule has 0 aliphatic rings. The van der Waals surface area contributed by atoms with Gasteiger partial charge in [-0.05, 0) is 42.5 Å². The van der Waals surface area contributed by atoms with Crippen molar-refractivity contribution >= 4 is 23.8 Å². The van der Waals surface area contributed by atoms with E-state index in [1.165, 1.54) is 0 Å². The molecule has 102 valence electrons. The van der Waals surface area contributed by atoms with Gasteiger partial charge < -0.3 is 0 Å². The van der Waals surface area contributed by atoms with E-state index in [9.17, 15) is 0 Å². The smallest absolute Gasteiger partial charge is 0.200 e. The molecule has 0 amide bonds. The molecule has 5 nitrogen and oxygen atoms in total. The molecule has 0 saturated carbocycles. The molecule has 0 atom stereocenters. The normalized spacial score (nSPS) is 10.3. The van der Waals surface area contributed by atoms with Gasteiger partial charge in [0.1, 0.15) is 0 Å². The lowest BCUT2D eigenvalue weighted by Crippen LogP contribution is -1.99.